The third-order valence-corrected chi connectivity index (χ3v) is 2.86. The van der Waals surface area contributed by atoms with Crippen molar-refractivity contribution in [3.8, 4) is 6.07 Å². The molecular formula is C10H9BrN2. The van der Waals surface area contributed by atoms with E-state index in [1.54, 1.807) is 0 Å². The lowest BCUT2D eigenvalue weighted by Gasteiger charge is -2.38. The number of nitriles is 1. The summed E-state index contributed by atoms with van der Waals surface area (Å²) in [6, 6.07) is 10.4. The number of hydrogen-bond acceptors (Lipinski definition) is 2. The molecule has 0 aliphatic carbocycles. The van der Waals surface area contributed by atoms with Gasteiger partial charge in [0.25, 0.3) is 0 Å². The van der Waals surface area contributed by atoms with E-state index in [0.717, 1.165) is 23.1 Å². The molecule has 0 bridgehead atoms. The maximum absolute atomic E-state index is 8.77. The molecule has 0 radical (unpaired) electrons. The molecule has 1 atom stereocenters. The standard InChI is InChI=1S/C10H9BrN2/c11-8-1-3-9(4-2-8)13-6-5-10(13)7-12/h1-4,10H,5-6H2. The average Bonchev–Trinajstić information content (AvgIpc) is 2.08. The van der Waals surface area contributed by atoms with Crippen LogP contribution >= 0.6 is 15.9 Å². The van der Waals surface area contributed by atoms with Gasteiger partial charge in [-0.1, -0.05) is 15.9 Å². The summed E-state index contributed by atoms with van der Waals surface area (Å²) in [5, 5.41) is 8.77. The Morgan fingerprint density at radius 2 is 2.08 bits per heavy atom. The molecule has 2 nitrogen and oxygen atoms in total. The van der Waals surface area contributed by atoms with Crippen LogP contribution in [-0.2, 0) is 0 Å². The molecule has 1 aliphatic heterocycles. The van der Waals surface area contributed by atoms with E-state index in [2.05, 4.69) is 26.9 Å². The molecule has 1 fully saturated rings. The molecule has 2 rings (SSSR count). The van der Waals surface area contributed by atoms with E-state index < -0.39 is 0 Å². The van der Waals surface area contributed by atoms with Crippen LogP contribution in [-0.4, -0.2) is 12.6 Å². The molecule has 1 aliphatic rings. The van der Waals surface area contributed by atoms with Crippen LogP contribution in [0.1, 0.15) is 6.42 Å². The van der Waals surface area contributed by atoms with Gasteiger partial charge in [0.1, 0.15) is 6.04 Å². The summed E-state index contributed by atoms with van der Waals surface area (Å²) < 4.78 is 1.07. The Bertz CT molecular complexity index is 339. The molecule has 13 heavy (non-hydrogen) atoms. The number of nitrogens with zero attached hydrogens (tertiary/aromatic N) is 2. The van der Waals surface area contributed by atoms with Gasteiger partial charge in [-0.05, 0) is 30.7 Å². The van der Waals surface area contributed by atoms with E-state index in [-0.39, 0.29) is 6.04 Å². The first-order valence-corrected chi connectivity index (χ1v) is 5.02. The van der Waals surface area contributed by atoms with Crippen molar-refractivity contribution in [2.45, 2.75) is 12.5 Å². The normalized spacial score (nSPS) is 20.6. The third-order valence-electron chi connectivity index (χ3n) is 2.33. The van der Waals surface area contributed by atoms with Crippen LogP contribution in [0.4, 0.5) is 5.69 Å². The lowest BCUT2D eigenvalue weighted by Crippen LogP contribution is -2.46. The van der Waals surface area contributed by atoms with E-state index >= 15 is 0 Å². The zero-order chi connectivity index (χ0) is 9.26. The number of anilines is 1. The Balaban J connectivity index is 2.18. The lowest BCUT2D eigenvalue weighted by atomic mass is 10.0. The van der Waals surface area contributed by atoms with Gasteiger partial charge in [-0.25, -0.2) is 0 Å². The fraction of sp³-hybridized carbons (Fsp3) is 0.300. The monoisotopic (exact) mass is 236 g/mol. The Hall–Kier alpha value is -1.01. The molecule has 66 valence electrons. The molecule has 0 N–H and O–H groups in total. The zero-order valence-electron chi connectivity index (χ0n) is 7.07. The molecule has 3 heteroatoms. The Morgan fingerprint density at radius 3 is 2.54 bits per heavy atom. The molecule has 1 unspecified atom stereocenters. The van der Waals surface area contributed by atoms with Gasteiger partial charge in [0, 0.05) is 16.7 Å². The summed E-state index contributed by atoms with van der Waals surface area (Å²) in [6.45, 7) is 1.000. The van der Waals surface area contributed by atoms with E-state index in [1.807, 2.05) is 24.3 Å². The maximum atomic E-state index is 8.77. The van der Waals surface area contributed by atoms with Gasteiger partial charge >= 0.3 is 0 Å². The molecule has 0 spiro atoms. The van der Waals surface area contributed by atoms with Crippen LogP contribution in [0.5, 0.6) is 0 Å². The number of hydrogen-bond donors (Lipinski definition) is 0. The zero-order valence-corrected chi connectivity index (χ0v) is 8.66. The first-order valence-electron chi connectivity index (χ1n) is 4.23. The minimum atomic E-state index is 0.0844. The molecule has 1 aromatic carbocycles. The lowest BCUT2D eigenvalue weighted by molar-refractivity contribution is 0.531. The SMILES string of the molecule is N#CC1CCN1c1ccc(Br)cc1. The summed E-state index contributed by atoms with van der Waals surface area (Å²) in [7, 11) is 0. The van der Waals surface area contributed by atoms with Crippen LogP contribution in [0, 0.1) is 11.3 Å². The molecular weight excluding hydrogens is 228 g/mol. The van der Waals surface area contributed by atoms with Gasteiger partial charge in [0.2, 0.25) is 0 Å². The largest absolute Gasteiger partial charge is 0.356 e. The second-order valence-corrected chi connectivity index (χ2v) is 4.02. The van der Waals surface area contributed by atoms with Crippen molar-refractivity contribution in [1.82, 2.24) is 0 Å². The van der Waals surface area contributed by atoms with Crippen molar-refractivity contribution in [3.63, 3.8) is 0 Å². The van der Waals surface area contributed by atoms with Crippen molar-refractivity contribution in [2.75, 3.05) is 11.4 Å². The smallest absolute Gasteiger partial charge is 0.118 e. The molecule has 1 saturated heterocycles. The van der Waals surface area contributed by atoms with Gasteiger partial charge in [0.15, 0.2) is 0 Å². The maximum Gasteiger partial charge on any atom is 0.118 e. The summed E-state index contributed by atoms with van der Waals surface area (Å²) in [4.78, 5) is 2.12. The first-order chi connectivity index (χ1) is 6.31. The quantitative estimate of drug-likeness (QED) is 0.750. The van der Waals surface area contributed by atoms with Gasteiger partial charge in [0.05, 0.1) is 6.07 Å². The van der Waals surface area contributed by atoms with Crippen molar-refractivity contribution in [1.29, 1.82) is 5.26 Å². The summed E-state index contributed by atoms with van der Waals surface area (Å²) in [5.41, 5.74) is 1.14. The van der Waals surface area contributed by atoms with E-state index in [1.165, 1.54) is 0 Å². The fourth-order valence-electron chi connectivity index (χ4n) is 1.46. The van der Waals surface area contributed by atoms with Crippen LogP contribution in [0.3, 0.4) is 0 Å². The van der Waals surface area contributed by atoms with Gasteiger partial charge < -0.3 is 4.90 Å². The Morgan fingerprint density at radius 1 is 1.38 bits per heavy atom. The highest BCUT2D eigenvalue weighted by Gasteiger charge is 2.27. The van der Waals surface area contributed by atoms with Crippen LogP contribution < -0.4 is 4.90 Å². The van der Waals surface area contributed by atoms with Crippen molar-refractivity contribution >= 4 is 21.6 Å². The summed E-state index contributed by atoms with van der Waals surface area (Å²) in [5.74, 6) is 0. The Kier molecular flexibility index (Phi) is 2.24. The average molecular weight is 237 g/mol. The minimum Gasteiger partial charge on any atom is -0.356 e. The van der Waals surface area contributed by atoms with Crippen molar-refractivity contribution in [2.24, 2.45) is 0 Å². The van der Waals surface area contributed by atoms with E-state index in [4.69, 9.17) is 5.26 Å². The van der Waals surface area contributed by atoms with Crippen LogP contribution in [0.25, 0.3) is 0 Å². The topological polar surface area (TPSA) is 27.0 Å². The fourth-order valence-corrected chi connectivity index (χ4v) is 1.73. The third kappa shape index (κ3) is 1.54. The highest BCUT2D eigenvalue weighted by atomic mass is 79.9. The van der Waals surface area contributed by atoms with E-state index in [9.17, 15) is 0 Å². The van der Waals surface area contributed by atoms with Crippen molar-refractivity contribution < 1.29 is 0 Å². The van der Waals surface area contributed by atoms with Crippen LogP contribution in [0.15, 0.2) is 28.7 Å². The van der Waals surface area contributed by atoms with Crippen LogP contribution in [0.2, 0.25) is 0 Å². The first kappa shape index (κ1) is 8.58. The van der Waals surface area contributed by atoms with Crippen molar-refractivity contribution in [3.05, 3.63) is 28.7 Å². The second kappa shape index (κ2) is 3.39. The summed E-state index contributed by atoms with van der Waals surface area (Å²) >= 11 is 3.38. The molecule has 0 amide bonds. The molecule has 1 aromatic rings. The van der Waals surface area contributed by atoms with Gasteiger partial charge in [-0.15, -0.1) is 0 Å². The van der Waals surface area contributed by atoms with E-state index in [0.29, 0.717) is 0 Å². The predicted molar refractivity (Wildman–Crippen MR) is 55.5 cm³/mol. The predicted octanol–water partition coefficient (Wildman–Crippen LogP) is 2.55. The Labute approximate surface area is 85.9 Å². The number of halogens is 1. The van der Waals surface area contributed by atoms with Gasteiger partial charge in [-0.2, -0.15) is 5.26 Å². The van der Waals surface area contributed by atoms with Gasteiger partial charge in [-0.3, -0.25) is 0 Å². The molecule has 0 aromatic heterocycles. The molecule has 1 heterocycles. The molecule has 0 saturated carbocycles. The summed E-state index contributed by atoms with van der Waals surface area (Å²) in [6.07, 6.45) is 0.993. The highest BCUT2D eigenvalue weighted by molar-refractivity contribution is 9.10. The minimum absolute atomic E-state index is 0.0844. The highest BCUT2D eigenvalue weighted by Crippen LogP contribution is 2.26. The number of benzene rings is 1. The number of rotatable bonds is 1. The second-order valence-electron chi connectivity index (χ2n) is 3.10.